The first-order valence-electron chi connectivity index (χ1n) is 2.99. The Morgan fingerprint density at radius 1 is 1.12 bits per heavy atom. The maximum atomic E-state index is 2.86. The molecule has 0 unspecified atom stereocenters. The summed E-state index contributed by atoms with van der Waals surface area (Å²) in [5, 5.41) is 0. The Morgan fingerprint density at radius 2 is 1.50 bits per heavy atom. The standard InChI is InChI=1S/C4H5N.2CH3.In.H/c1-2-4-5-3-1;;;;/h1-5H;2*1H3;;. The summed E-state index contributed by atoms with van der Waals surface area (Å²) >= 11 is -0.01000. The van der Waals surface area contributed by atoms with Gasteiger partial charge in [0, 0.05) is 12.4 Å². The molecule has 0 aliphatic carbocycles. The van der Waals surface area contributed by atoms with Crippen molar-refractivity contribution in [2.45, 2.75) is 9.36 Å². The molecule has 0 amide bonds. The molecule has 0 aromatic carbocycles. The van der Waals surface area contributed by atoms with E-state index in [9.17, 15) is 0 Å². The van der Waals surface area contributed by atoms with Crippen LogP contribution in [-0.4, -0.2) is 27.9 Å². The van der Waals surface area contributed by atoms with Gasteiger partial charge in [0.1, 0.15) is 0 Å². The molecule has 0 radical (unpaired) electrons. The molecule has 0 aliphatic rings. The van der Waals surface area contributed by atoms with Crippen LogP contribution in [0.15, 0.2) is 24.5 Å². The van der Waals surface area contributed by atoms with E-state index in [1.54, 1.807) is 0 Å². The van der Waals surface area contributed by atoms with Gasteiger partial charge in [0.25, 0.3) is 0 Å². The fourth-order valence-corrected chi connectivity index (χ4v) is 0.278. The van der Waals surface area contributed by atoms with Gasteiger partial charge in [-0.15, -0.1) is 0 Å². The van der Waals surface area contributed by atoms with E-state index in [-0.39, 0.29) is 22.9 Å². The van der Waals surface area contributed by atoms with Crippen molar-refractivity contribution in [3.63, 3.8) is 0 Å². The van der Waals surface area contributed by atoms with Gasteiger partial charge in [-0.2, -0.15) is 0 Å². The summed E-state index contributed by atoms with van der Waals surface area (Å²) in [5.41, 5.74) is 0. The van der Waals surface area contributed by atoms with E-state index < -0.39 is 0 Å². The normalized spacial score (nSPS) is 6.75. The molecule has 1 aromatic heterocycles. The summed E-state index contributed by atoms with van der Waals surface area (Å²) in [7, 11) is 0. The molecule has 0 bridgehead atoms. The molecule has 1 heterocycles. The summed E-state index contributed by atoms with van der Waals surface area (Å²) in [6.07, 6.45) is 3.75. The zero-order chi connectivity index (χ0) is 6.24. The zero-order valence-corrected chi connectivity index (χ0v) is 9.55. The number of hydrogen-bond donors (Lipinski definition) is 1. The molecule has 0 saturated carbocycles. The molecule has 1 N–H and O–H groups in total. The summed E-state index contributed by atoms with van der Waals surface area (Å²) in [6.45, 7) is 0. The molecule has 44 valence electrons. The summed E-state index contributed by atoms with van der Waals surface area (Å²) in [4.78, 5) is 2.86. The average Bonchev–Trinajstić information content (AvgIpc) is 2.17. The third-order valence-corrected chi connectivity index (χ3v) is 0.496. The third-order valence-electron chi connectivity index (χ3n) is 0.496. The van der Waals surface area contributed by atoms with Crippen LogP contribution in [0.2, 0.25) is 9.36 Å². The van der Waals surface area contributed by atoms with Crippen LogP contribution in [0.25, 0.3) is 0 Å². The molecule has 1 nitrogen and oxygen atoms in total. The van der Waals surface area contributed by atoms with Crippen LogP contribution in [0.3, 0.4) is 0 Å². The van der Waals surface area contributed by atoms with E-state index in [0.29, 0.717) is 0 Å². The summed E-state index contributed by atoms with van der Waals surface area (Å²) < 4.78 is 4.67. The van der Waals surface area contributed by atoms with Crippen LogP contribution >= 0.6 is 0 Å². The largest absolute Gasteiger partial charge is 0.368 e. The third kappa shape index (κ3) is 6.15. The van der Waals surface area contributed by atoms with Crippen LogP contribution in [0.5, 0.6) is 0 Å². The second-order valence-electron chi connectivity index (χ2n) is 1.59. The Hall–Kier alpha value is 0.150. The van der Waals surface area contributed by atoms with Gasteiger partial charge >= 0.3 is 32.3 Å². The number of aromatic amines is 1. The van der Waals surface area contributed by atoms with Crippen molar-refractivity contribution in [1.29, 1.82) is 0 Å². The molecular weight excluding hydrogens is 201 g/mol. The van der Waals surface area contributed by atoms with Crippen molar-refractivity contribution in [2.24, 2.45) is 0 Å². The predicted octanol–water partition coefficient (Wildman–Crippen LogP) is 1.53. The molecular formula is C6H12InN. The first kappa shape index (κ1) is 8.15. The molecule has 2 heteroatoms. The fraction of sp³-hybridized carbons (Fsp3) is 0.333. The number of nitrogens with one attached hydrogen (secondary N) is 1. The minimum Gasteiger partial charge on any atom is -0.368 e. The van der Waals surface area contributed by atoms with E-state index in [4.69, 9.17) is 0 Å². The maximum Gasteiger partial charge on any atom is 0.000496 e. The van der Waals surface area contributed by atoms with Crippen LogP contribution in [0.1, 0.15) is 0 Å². The SMILES string of the molecule is [CH3][InH][CH3].c1cc[nH]c1. The number of rotatable bonds is 0. The summed E-state index contributed by atoms with van der Waals surface area (Å²) in [5.74, 6) is 0. The molecule has 0 atom stereocenters. The first-order chi connectivity index (χ1) is 3.91. The molecule has 0 fully saturated rings. The monoisotopic (exact) mass is 213 g/mol. The van der Waals surface area contributed by atoms with E-state index in [0.717, 1.165) is 0 Å². The van der Waals surface area contributed by atoms with E-state index in [1.807, 2.05) is 24.5 Å². The topological polar surface area (TPSA) is 15.8 Å². The molecule has 1 rings (SSSR count). The second-order valence-corrected chi connectivity index (χ2v) is 5.63. The minimum absolute atomic E-state index is 0.01000. The van der Waals surface area contributed by atoms with Crippen LogP contribution in [0, 0.1) is 0 Å². The van der Waals surface area contributed by atoms with Crippen LogP contribution in [-0.2, 0) is 0 Å². The Labute approximate surface area is 61.9 Å². The Balaban J connectivity index is 0.000000145. The van der Waals surface area contributed by atoms with Gasteiger partial charge in [0.2, 0.25) is 0 Å². The second kappa shape index (κ2) is 7.15. The summed E-state index contributed by atoms with van der Waals surface area (Å²) in [6, 6.07) is 3.89. The number of H-pyrrole nitrogens is 1. The van der Waals surface area contributed by atoms with Gasteiger partial charge < -0.3 is 4.98 Å². The molecule has 0 spiro atoms. The van der Waals surface area contributed by atoms with Crippen molar-refractivity contribution >= 4 is 22.9 Å². The number of hydrogen-bond acceptors (Lipinski definition) is 0. The number of aromatic nitrogens is 1. The quantitative estimate of drug-likeness (QED) is 0.672. The van der Waals surface area contributed by atoms with Crippen LogP contribution in [0.4, 0.5) is 0 Å². The molecule has 1 aromatic rings. The Bertz CT molecular complexity index is 75.4. The van der Waals surface area contributed by atoms with Crippen LogP contribution < -0.4 is 0 Å². The van der Waals surface area contributed by atoms with Crippen molar-refractivity contribution < 1.29 is 0 Å². The fourth-order valence-electron chi connectivity index (χ4n) is 0.278. The smallest absolute Gasteiger partial charge is 0.000496 e. The molecule has 8 heavy (non-hydrogen) atoms. The van der Waals surface area contributed by atoms with Gasteiger partial charge in [-0.05, 0) is 12.1 Å². The van der Waals surface area contributed by atoms with Gasteiger partial charge in [-0.1, -0.05) is 0 Å². The molecule has 0 saturated heterocycles. The van der Waals surface area contributed by atoms with E-state index in [1.165, 1.54) is 0 Å². The van der Waals surface area contributed by atoms with E-state index in [2.05, 4.69) is 14.3 Å². The minimum atomic E-state index is -0.01000. The van der Waals surface area contributed by atoms with E-state index >= 15 is 0 Å². The van der Waals surface area contributed by atoms with Gasteiger partial charge in [0.05, 0.1) is 0 Å². The van der Waals surface area contributed by atoms with Crippen molar-refractivity contribution in [3.05, 3.63) is 24.5 Å². The van der Waals surface area contributed by atoms with Gasteiger partial charge in [0.15, 0.2) is 0 Å². The first-order valence-corrected chi connectivity index (χ1v) is 11.1. The van der Waals surface area contributed by atoms with Crippen molar-refractivity contribution in [3.8, 4) is 0 Å². The van der Waals surface area contributed by atoms with Crippen molar-refractivity contribution in [1.82, 2.24) is 4.98 Å². The predicted molar refractivity (Wildman–Crippen MR) is 39.7 cm³/mol. The Morgan fingerprint density at radius 3 is 1.62 bits per heavy atom. The molecule has 0 aliphatic heterocycles. The maximum absolute atomic E-state index is 2.86. The van der Waals surface area contributed by atoms with Crippen molar-refractivity contribution in [2.75, 3.05) is 0 Å². The van der Waals surface area contributed by atoms with Gasteiger partial charge in [-0.25, -0.2) is 0 Å². The Kier molecular flexibility index (Phi) is 7.28. The van der Waals surface area contributed by atoms with Gasteiger partial charge in [-0.3, -0.25) is 0 Å². The average molecular weight is 213 g/mol. The zero-order valence-electron chi connectivity index (χ0n) is 5.52.